The molecular weight excluding hydrogens is 1710 g/mol. The van der Waals surface area contributed by atoms with Crippen molar-refractivity contribution >= 4 is 61.8 Å². The first-order chi connectivity index (χ1) is 61.8. The second kappa shape index (κ2) is 48.6. The molecule has 0 radical (unpaired) electrons. The van der Waals surface area contributed by atoms with Gasteiger partial charge in [-0.1, -0.05) is 101 Å². The van der Waals surface area contributed by atoms with Gasteiger partial charge in [0.15, 0.2) is 5.65 Å². The minimum absolute atomic E-state index is 0. The largest absolute Gasteiger partial charge is 0.487 e. The molecule has 672 valence electrons. The van der Waals surface area contributed by atoms with Gasteiger partial charge in [0.05, 0.1) is 106 Å². The van der Waals surface area contributed by atoms with Crippen LogP contribution in [-0.4, -0.2) is 176 Å². The lowest BCUT2D eigenvalue weighted by molar-refractivity contribution is -0.252. The topological polar surface area (TPSA) is 388 Å². The number of hydrogen-bond acceptors (Lipinski definition) is 25. The van der Waals surface area contributed by atoms with Crippen LogP contribution in [0.15, 0.2) is 206 Å². The average molecular weight is 1820 g/mol. The molecule has 7 aromatic carbocycles. The number of nitrogen functional groups attached to an aromatic ring is 3. The van der Waals surface area contributed by atoms with Crippen LogP contribution in [0.1, 0.15) is 79.2 Å². The highest BCUT2D eigenvalue weighted by molar-refractivity contribution is 9.10. The highest BCUT2D eigenvalue weighted by Gasteiger charge is 2.28. The molecule has 3 fully saturated rings. The van der Waals surface area contributed by atoms with Gasteiger partial charge in [0.2, 0.25) is 0 Å². The van der Waals surface area contributed by atoms with E-state index in [2.05, 4.69) is 64.9 Å². The van der Waals surface area contributed by atoms with Crippen molar-refractivity contribution in [3.63, 3.8) is 0 Å². The molecule has 3 saturated heterocycles. The molecule has 0 saturated carbocycles. The number of anilines is 3. The van der Waals surface area contributed by atoms with Crippen molar-refractivity contribution in [1.82, 2.24) is 69.5 Å². The zero-order valence-corrected chi connectivity index (χ0v) is 73.3. The third-order valence-electron chi connectivity index (χ3n) is 20.3. The Bertz CT molecular complexity index is 5710. The number of rotatable bonds is 31. The standard InChI is InChI=1S/C35H34FN7O4.C34H33FN6O4.C15H15BrN4O.C4H9NO2.C4H10O3.H3N/c36-26-16-30(46-21-28-19-38-23-42(28)12-15-45-20-24-4-2-1-3-5-24)18-31(17-26)47-29-8-6-25(7-9-29)33-32-34(37)39-22-40-35(32)43(41-33)27-10-13-44-14-11-27;1-37-33-32(39-41(34(33)36)27-11-14-42-15-12-27)25-7-9-29(10-8-25)45-31-18-26(35)17-30(19-31)44-22-28-20-38-23-40(28)13-16-43-21-24-5-3-2-4-6-24;1-18-14-13(10-2-4-11(16)5-3-10)19-20(15(14)17)12-6-8-21-9-7-12;1-5(2)3-4(6)7;1-5-4(6-2)7-3;/h1-9,16-19,22-23,27H,10-15,20-21H2,(H2,37,39,40);2-10,17-20,23,27H,11-16,21-22,36H2;2-5,12H,6-9,17H2;3H2,1-2H3,(H,6,7);4H,1-3H3;1H3. The number of carbonyl (C=O) groups is 1. The van der Waals surface area contributed by atoms with Crippen LogP contribution in [-0.2, 0) is 82.2 Å². The Balaban J connectivity index is 0.000000181. The van der Waals surface area contributed by atoms with E-state index in [0.717, 1.165) is 82.2 Å². The van der Waals surface area contributed by atoms with Gasteiger partial charge in [0.1, 0.15) is 100 Å². The summed E-state index contributed by atoms with van der Waals surface area (Å²) in [5.74, 6) is 1.71. The second-order valence-corrected chi connectivity index (χ2v) is 30.4. The fourth-order valence-electron chi connectivity index (χ4n) is 14.0. The zero-order chi connectivity index (χ0) is 89.4. The van der Waals surface area contributed by atoms with E-state index in [-0.39, 0.29) is 49.8 Å². The van der Waals surface area contributed by atoms with Gasteiger partial charge in [0, 0.05) is 120 Å². The fourth-order valence-corrected chi connectivity index (χ4v) is 14.2. The van der Waals surface area contributed by atoms with Gasteiger partial charge < -0.3 is 94.4 Å². The maximum atomic E-state index is 14.6. The number of aliphatic carboxylic acids is 1. The number of halogens is 3. The molecule has 3 aliphatic rings. The molecule has 3 aliphatic heterocycles. The maximum Gasteiger partial charge on any atom is 0.317 e. The van der Waals surface area contributed by atoms with Crippen LogP contribution in [0.4, 0.5) is 37.6 Å². The molecule has 0 atom stereocenters. The molecule has 0 spiro atoms. The van der Waals surface area contributed by atoms with Crippen LogP contribution >= 0.6 is 15.9 Å². The Morgan fingerprint density at radius 3 is 1.30 bits per heavy atom. The van der Waals surface area contributed by atoms with Crippen molar-refractivity contribution < 1.29 is 75.5 Å². The lowest BCUT2D eigenvalue weighted by Gasteiger charge is -2.23. The Kier molecular flexibility index (Phi) is 36.3. The number of fused-ring (bicyclic) bond motifs is 1. The number of imidazole rings is 2. The number of ether oxygens (including phenoxy) is 12. The molecule has 36 heteroatoms. The summed E-state index contributed by atoms with van der Waals surface area (Å²) in [6, 6.07) is 51.3. The minimum atomic E-state index is -0.787. The van der Waals surface area contributed by atoms with Gasteiger partial charge in [-0.25, -0.2) is 43.1 Å². The van der Waals surface area contributed by atoms with Crippen molar-refractivity contribution in [2.75, 3.05) is 112 Å². The molecule has 0 bridgehead atoms. The Morgan fingerprint density at radius 1 is 0.531 bits per heavy atom. The van der Waals surface area contributed by atoms with Crippen LogP contribution in [0, 0.1) is 24.8 Å². The van der Waals surface area contributed by atoms with Crippen molar-refractivity contribution in [2.24, 2.45) is 0 Å². The summed E-state index contributed by atoms with van der Waals surface area (Å²) < 4.78 is 105. The first-order valence-corrected chi connectivity index (χ1v) is 41.7. The smallest absolute Gasteiger partial charge is 0.317 e. The van der Waals surface area contributed by atoms with Crippen LogP contribution < -0.4 is 42.3 Å². The van der Waals surface area contributed by atoms with Crippen LogP contribution in [0.3, 0.4) is 0 Å². The van der Waals surface area contributed by atoms with Crippen LogP contribution in [0.5, 0.6) is 34.5 Å². The Hall–Kier alpha value is -13.1. The van der Waals surface area contributed by atoms with E-state index in [1.165, 1.54) is 51.9 Å². The summed E-state index contributed by atoms with van der Waals surface area (Å²) in [6.45, 7) is 22.5. The molecule has 128 heavy (non-hydrogen) atoms. The molecule has 0 unspecified atom stereocenters. The Morgan fingerprint density at radius 2 is 0.922 bits per heavy atom. The highest BCUT2D eigenvalue weighted by atomic mass is 79.9. The normalized spacial score (nSPS) is 13.4. The summed E-state index contributed by atoms with van der Waals surface area (Å²) in [6.07, 6.45) is 13.4. The van der Waals surface area contributed by atoms with E-state index in [4.69, 9.17) is 88.3 Å². The van der Waals surface area contributed by atoms with Gasteiger partial charge in [0.25, 0.3) is 17.9 Å². The average Bonchev–Trinajstić information content (AvgIpc) is 1.61. The number of hydrogen-bond donors (Lipinski definition) is 5. The fraction of sp³-hybridized carbons (Fsp3) is 0.326. The van der Waals surface area contributed by atoms with Gasteiger partial charge >= 0.3 is 5.97 Å². The molecule has 16 rings (SSSR count). The maximum absolute atomic E-state index is 14.6. The predicted octanol–water partition coefficient (Wildman–Crippen LogP) is 17.1. The number of carboxylic acid groups (broad SMARTS) is 1. The monoisotopic (exact) mass is 1820 g/mol. The third kappa shape index (κ3) is 27.0. The zero-order valence-electron chi connectivity index (χ0n) is 71.7. The molecule has 6 aromatic heterocycles. The van der Waals surface area contributed by atoms with Crippen molar-refractivity contribution in [3.8, 4) is 68.3 Å². The van der Waals surface area contributed by atoms with Crippen LogP contribution in [0.25, 0.3) is 54.5 Å². The molecule has 0 amide bonds. The van der Waals surface area contributed by atoms with Gasteiger partial charge in [-0.3, -0.25) is 19.1 Å². The van der Waals surface area contributed by atoms with Crippen molar-refractivity contribution in [3.05, 3.63) is 263 Å². The number of nitrogens with zero attached hydrogens (tertiary/aromatic N) is 15. The predicted molar refractivity (Wildman–Crippen MR) is 481 cm³/mol. The van der Waals surface area contributed by atoms with Crippen molar-refractivity contribution in [1.29, 1.82) is 0 Å². The van der Waals surface area contributed by atoms with Crippen molar-refractivity contribution in [2.45, 2.75) is 103 Å². The molecule has 13 aromatic rings. The quantitative estimate of drug-likeness (QED) is 0.0153. The summed E-state index contributed by atoms with van der Waals surface area (Å²) >= 11 is 3.41. The lowest BCUT2D eigenvalue weighted by atomic mass is 10.1. The number of carboxylic acids is 1. The number of benzene rings is 7. The van der Waals surface area contributed by atoms with Gasteiger partial charge in [-0.15, -0.1) is 0 Å². The van der Waals surface area contributed by atoms with E-state index in [0.29, 0.717) is 165 Å². The van der Waals surface area contributed by atoms with Gasteiger partial charge in [-0.05, 0) is 123 Å². The molecule has 10 N–H and O–H groups in total. The SMILES string of the molecule is CN(C)CC(=O)O.COC(OC)OC.N.Nc1ncnc2c1c(-c1ccc(Oc3cc(F)cc(OCc4cncn4CCOCc4ccccc4)c3)cc1)nn2C1CCOCC1.[C-]#[N+]c1c(-c2ccc(Br)cc2)nn(C2CCOCC2)c1N.[C-]#[N+]c1c(-c2ccc(Oc3cc(F)cc(OCc4cncn4CCOCc4ccccc4)c3)cc2)nn(C2CCOCC2)c1N. The lowest BCUT2D eigenvalue weighted by Crippen LogP contribution is -2.21. The highest BCUT2D eigenvalue weighted by Crippen LogP contribution is 2.42. The first kappa shape index (κ1) is 95.6. The second-order valence-electron chi connectivity index (χ2n) is 29.5. The summed E-state index contributed by atoms with van der Waals surface area (Å²) in [5.41, 5.74) is 28.5. The molecule has 33 nitrogen and oxygen atoms in total. The summed E-state index contributed by atoms with van der Waals surface area (Å²) in [4.78, 5) is 35.8. The summed E-state index contributed by atoms with van der Waals surface area (Å²) in [7, 11) is 7.97. The molecule has 0 aliphatic carbocycles. The summed E-state index contributed by atoms with van der Waals surface area (Å²) in [5, 5.41) is 23.0. The number of likely N-dealkylation sites (N-methyl/N-ethyl adjacent to an activating group) is 1. The third-order valence-corrected chi connectivity index (χ3v) is 20.8. The number of aromatic nitrogens is 12. The molecule has 9 heterocycles. The number of methoxy groups -OCH3 is 3. The number of nitrogens with two attached hydrogens (primary N) is 3. The van der Waals surface area contributed by atoms with Crippen LogP contribution in [0.2, 0.25) is 0 Å². The Labute approximate surface area is 748 Å². The van der Waals surface area contributed by atoms with E-state index in [9.17, 15) is 13.6 Å². The van der Waals surface area contributed by atoms with E-state index < -0.39 is 24.1 Å². The van der Waals surface area contributed by atoms with E-state index >= 15 is 0 Å². The minimum Gasteiger partial charge on any atom is -0.487 e. The van der Waals surface area contributed by atoms with E-state index in [1.807, 2.05) is 123 Å². The van der Waals surface area contributed by atoms with Gasteiger partial charge in [-0.2, -0.15) is 15.3 Å². The first-order valence-electron chi connectivity index (χ1n) is 40.9. The molecular formula is C92H104BrF2N19O14. The van der Waals surface area contributed by atoms with E-state index in [1.54, 1.807) is 89.8 Å².